The number of rotatable bonds is 5. The Morgan fingerprint density at radius 1 is 1.24 bits per heavy atom. The van der Waals surface area contributed by atoms with E-state index in [1.54, 1.807) is 0 Å². The van der Waals surface area contributed by atoms with Crippen LogP contribution in [0.2, 0.25) is 0 Å². The highest BCUT2D eigenvalue weighted by Crippen LogP contribution is 2.30. The maximum atomic E-state index is 11.8. The summed E-state index contributed by atoms with van der Waals surface area (Å²) < 4.78 is 23.5. The largest absolute Gasteiger partial charge is 0.319 e. The third-order valence-electron chi connectivity index (χ3n) is 4.71. The molecule has 118 valence electrons. The molecule has 1 aromatic carbocycles. The summed E-state index contributed by atoms with van der Waals surface area (Å²) in [6.45, 7) is 7.33. The van der Waals surface area contributed by atoms with Crippen molar-refractivity contribution in [3.63, 3.8) is 0 Å². The van der Waals surface area contributed by atoms with Gasteiger partial charge in [-0.25, -0.2) is 8.42 Å². The molecular weight excluding hydrogens is 282 g/mol. The molecule has 0 saturated carbocycles. The average molecular weight is 309 g/mol. The molecule has 1 fully saturated rings. The zero-order valence-electron chi connectivity index (χ0n) is 13.6. The molecule has 1 aliphatic rings. The average Bonchev–Trinajstić information content (AvgIpc) is 2.72. The Hall–Kier alpha value is -0.870. The molecule has 0 aromatic heterocycles. The molecule has 1 saturated heterocycles. The van der Waals surface area contributed by atoms with E-state index in [1.165, 1.54) is 22.3 Å². The Morgan fingerprint density at radius 2 is 1.86 bits per heavy atom. The molecule has 2 unspecified atom stereocenters. The van der Waals surface area contributed by atoms with Crippen molar-refractivity contribution in [2.24, 2.45) is 11.8 Å². The summed E-state index contributed by atoms with van der Waals surface area (Å²) in [5, 5.41) is 3.25. The number of sulfone groups is 1. The van der Waals surface area contributed by atoms with Gasteiger partial charge in [0.05, 0.1) is 11.5 Å². The molecule has 1 aliphatic heterocycles. The highest BCUT2D eigenvalue weighted by atomic mass is 32.2. The molecule has 0 radical (unpaired) electrons. The lowest BCUT2D eigenvalue weighted by atomic mass is 9.83. The lowest BCUT2D eigenvalue weighted by Crippen LogP contribution is -2.29. The van der Waals surface area contributed by atoms with Gasteiger partial charge >= 0.3 is 0 Å². The second kappa shape index (κ2) is 6.49. The van der Waals surface area contributed by atoms with Gasteiger partial charge in [0.1, 0.15) is 0 Å². The van der Waals surface area contributed by atoms with E-state index < -0.39 is 9.84 Å². The van der Waals surface area contributed by atoms with Crippen LogP contribution >= 0.6 is 0 Å². The number of nitrogens with one attached hydrogen (secondary N) is 1. The monoisotopic (exact) mass is 309 g/mol. The molecule has 0 amide bonds. The van der Waals surface area contributed by atoms with Crippen molar-refractivity contribution in [2.45, 2.75) is 33.6 Å². The third kappa shape index (κ3) is 4.07. The van der Waals surface area contributed by atoms with E-state index in [0.717, 1.165) is 19.4 Å². The van der Waals surface area contributed by atoms with Gasteiger partial charge in [0.25, 0.3) is 0 Å². The van der Waals surface area contributed by atoms with Gasteiger partial charge in [-0.2, -0.15) is 0 Å². The van der Waals surface area contributed by atoms with E-state index >= 15 is 0 Å². The van der Waals surface area contributed by atoms with Crippen LogP contribution in [0.1, 0.15) is 28.7 Å². The van der Waals surface area contributed by atoms with Crippen molar-refractivity contribution in [3.05, 3.63) is 34.4 Å². The summed E-state index contributed by atoms with van der Waals surface area (Å²) in [4.78, 5) is 0. The van der Waals surface area contributed by atoms with Crippen LogP contribution in [0.25, 0.3) is 0 Å². The molecule has 1 N–H and O–H groups in total. The van der Waals surface area contributed by atoms with Crippen molar-refractivity contribution in [3.8, 4) is 0 Å². The molecule has 0 aliphatic carbocycles. The van der Waals surface area contributed by atoms with Crippen molar-refractivity contribution in [1.82, 2.24) is 5.32 Å². The number of hydrogen-bond donors (Lipinski definition) is 1. The van der Waals surface area contributed by atoms with Crippen LogP contribution in [0.4, 0.5) is 0 Å². The van der Waals surface area contributed by atoms with Gasteiger partial charge in [0.2, 0.25) is 0 Å². The predicted octanol–water partition coefficient (Wildman–Crippen LogP) is 2.42. The van der Waals surface area contributed by atoms with E-state index in [0.29, 0.717) is 23.3 Å². The molecule has 21 heavy (non-hydrogen) atoms. The van der Waals surface area contributed by atoms with Crippen molar-refractivity contribution in [1.29, 1.82) is 0 Å². The van der Waals surface area contributed by atoms with E-state index in [-0.39, 0.29) is 0 Å². The molecule has 0 spiro atoms. The standard InChI is InChI=1S/C17H27NO2S/c1-12-7-13(2)17(14(3)8-12)9-16(10-18-4)15-5-6-21(19,20)11-15/h7-8,15-16,18H,5-6,9-11H2,1-4H3. The Morgan fingerprint density at radius 3 is 2.33 bits per heavy atom. The fraction of sp³-hybridized carbons (Fsp3) is 0.647. The summed E-state index contributed by atoms with van der Waals surface area (Å²) in [6, 6.07) is 4.45. The molecule has 2 atom stereocenters. The fourth-order valence-electron chi connectivity index (χ4n) is 3.66. The van der Waals surface area contributed by atoms with Gasteiger partial charge in [-0.15, -0.1) is 0 Å². The van der Waals surface area contributed by atoms with E-state index in [4.69, 9.17) is 0 Å². The normalized spacial score (nSPS) is 22.4. The van der Waals surface area contributed by atoms with Crippen molar-refractivity contribution < 1.29 is 8.42 Å². The first-order chi connectivity index (χ1) is 9.82. The van der Waals surface area contributed by atoms with E-state index in [9.17, 15) is 8.42 Å². The van der Waals surface area contributed by atoms with Gasteiger partial charge in [-0.3, -0.25) is 0 Å². The summed E-state index contributed by atoms with van der Waals surface area (Å²) in [5.74, 6) is 1.42. The highest BCUT2D eigenvalue weighted by Gasteiger charge is 2.33. The molecule has 0 bridgehead atoms. The lowest BCUT2D eigenvalue weighted by molar-refractivity contribution is 0.351. The quantitative estimate of drug-likeness (QED) is 0.908. The maximum Gasteiger partial charge on any atom is 0.150 e. The Bertz CT molecular complexity index is 584. The molecule has 4 heteroatoms. The molecule has 2 rings (SSSR count). The minimum atomic E-state index is -2.81. The summed E-state index contributed by atoms with van der Waals surface area (Å²) in [6.07, 6.45) is 1.79. The van der Waals surface area contributed by atoms with Crippen molar-refractivity contribution in [2.75, 3.05) is 25.1 Å². The summed E-state index contributed by atoms with van der Waals surface area (Å²) in [5.41, 5.74) is 5.34. The fourth-order valence-corrected chi connectivity index (χ4v) is 5.58. The summed E-state index contributed by atoms with van der Waals surface area (Å²) in [7, 11) is -0.856. The molecular formula is C17H27NO2S. The highest BCUT2D eigenvalue weighted by molar-refractivity contribution is 7.91. The molecule has 1 heterocycles. The third-order valence-corrected chi connectivity index (χ3v) is 6.50. The van der Waals surface area contributed by atoms with Crippen LogP contribution in [-0.4, -0.2) is 33.5 Å². The maximum absolute atomic E-state index is 11.8. The number of benzene rings is 1. The predicted molar refractivity (Wildman–Crippen MR) is 88.5 cm³/mol. The Kier molecular flexibility index (Phi) is 5.10. The van der Waals surface area contributed by atoms with Crippen LogP contribution in [0.5, 0.6) is 0 Å². The van der Waals surface area contributed by atoms with Crippen LogP contribution in [-0.2, 0) is 16.3 Å². The second-order valence-electron chi connectivity index (χ2n) is 6.56. The molecule has 3 nitrogen and oxygen atoms in total. The van der Waals surface area contributed by atoms with Gasteiger partial charge < -0.3 is 5.32 Å². The summed E-state index contributed by atoms with van der Waals surface area (Å²) >= 11 is 0. The van der Waals surface area contributed by atoms with Crippen LogP contribution in [0, 0.1) is 32.6 Å². The second-order valence-corrected chi connectivity index (χ2v) is 8.79. The minimum absolute atomic E-state index is 0.294. The first-order valence-corrected chi connectivity index (χ1v) is 9.56. The number of hydrogen-bond acceptors (Lipinski definition) is 3. The SMILES string of the molecule is CNCC(Cc1c(C)cc(C)cc1C)C1CCS(=O)(=O)C1. The lowest BCUT2D eigenvalue weighted by Gasteiger charge is -2.24. The van der Waals surface area contributed by atoms with Gasteiger partial charge in [0, 0.05) is 0 Å². The minimum Gasteiger partial charge on any atom is -0.319 e. The molecule has 1 aromatic rings. The van der Waals surface area contributed by atoms with Gasteiger partial charge in [-0.05, 0) is 75.7 Å². The van der Waals surface area contributed by atoms with Gasteiger partial charge in [-0.1, -0.05) is 17.7 Å². The topological polar surface area (TPSA) is 46.2 Å². The Labute approximate surface area is 129 Å². The van der Waals surface area contributed by atoms with Crippen LogP contribution in [0.15, 0.2) is 12.1 Å². The first kappa shape index (κ1) is 16.5. The smallest absolute Gasteiger partial charge is 0.150 e. The van der Waals surface area contributed by atoms with Crippen LogP contribution < -0.4 is 5.32 Å². The Balaban J connectivity index is 2.21. The van der Waals surface area contributed by atoms with E-state index in [1.807, 2.05) is 7.05 Å². The number of aryl methyl sites for hydroxylation is 3. The zero-order valence-corrected chi connectivity index (χ0v) is 14.4. The van der Waals surface area contributed by atoms with Gasteiger partial charge in [0.15, 0.2) is 9.84 Å². The van der Waals surface area contributed by atoms with Crippen LogP contribution in [0.3, 0.4) is 0 Å². The van der Waals surface area contributed by atoms with E-state index in [2.05, 4.69) is 38.2 Å². The zero-order chi connectivity index (χ0) is 15.6. The first-order valence-electron chi connectivity index (χ1n) is 7.74. The van der Waals surface area contributed by atoms with Crippen molar-refractivity contribution >= 4 is 9.84 Å².